The van der Waals surface area contributed by atoms with Gasteiger partial charge in [-0.25, -0.2) is 9.37 Å². The Labute approximate surface area is 146 Å². The highest BCUT2D eigenvalue weighted by Crippen LogP contribution is 2.18. The minimum absolute atomic E-state index is 0.0239. The maximum absolute atomic E-state index is 13.7. The number of benzene rings is 1. The molecule has 0 bridgehead atoms. The summed E-state index contributed by atoms with van der Waals surface area (Å²) in [6.07, 6.45) is 4.19. The van der Waals surface area contributed by atoms with E-state index in [2.05, 4.69) is 30.7 Å². The van der Waals surface area contributed by atoms with Gasteiger partial charge in [0.1, 0.15) is 11.5 Å². The van der Waals surface area contributed by atoms with E-state index in [1.54, 1.807) is 6.07 Å². The number of rotatable bonds is 6. The lowest BCUT2D eigenvalue weighted by molar-refractivity contribution is 0.0897. The molecule has 3 aromatic rings. The fraction of sp³-hybridized carbons (Fsp3) is 0.125. The number of amides is 2. The first-order chi connectivity index (χ1) is 12.6. The number of aromatic nitrogens is 4. The molecular formula is C16H13FN6O3. The van der Waals surface area contributed by atoms with E-state index in [4.69, 9.17) is 4.52 Å². The summed E-state index contributed by atoms with van der Waals surface area (Å²) >= 11 is 0. The van der Waals surface area contributed by atoms with E-state index < -0.39 is 17.6 Å². The van der Waals surface area contributed by atoms with Crippen LogP contribution >= 0.6 is 0 Å². The van der Waals surface area contributed by atoms with Crippen LogP contribution in [0.1, 0.15) is 21.2 Å². The van der Waals surface area contributed by atoms with Crippen molar-refractivity contribution in [3.8, 4) is 11.4 Å². The lowest BCUT2D eigenvalue weighted by atomic mass is 10.2. The second kappa shape index (κ2) is 7.92. The van der Waals surface area contributed by atoms with Crippen LogP contribution < -0.4 is 10.6 Å². The zero-order chi connectivity index (χ0) is 18.4. The second-order valence-corrected chi connectivity index (χ2v) is 5.01. The molecule has 0 aliphatic heterocycles. The van der Waals surface area contributed by atoms with Crippen molar-refractivity contribution in [2.45, 2.75) is 0 Å². The smallest absolute Gasteiger partial charge is 0.316 e. The van der Waals surface area contributed by atoms with Gasteiger partial charge in [-0.05, 0) is 12.1 Å². The number of halogens is 1. The SMILES string of the molecule is O=C(NCCNC(=O)c1nc(-c2ccccc2F)no1)c1cnccn1. The predicted molar refractivity (Wildman–Crippen MR) is 86.4 cm³/mol. The van der Waals surface area contributed by atoms with E-state index in [1.807, 2.05) is 0 Å². The molecule has 0 aliphatic rings. The van der Waals surface area contributed by atoms with E-state index in [0.717, 1.165) is 0 Å². The molecule has 10 heteroatoms. The average Bonchev–Trinajstić information content (AvgIpc) is 3.16. The molecule has 26 heavy (non-hydrogen) atoms. The zero-order valence-corrected chi connectivity index (χ0v) is 13.3. The van der Waals surface area contributed by atoms with Gasteiger partial charge in [0.15, 0.2) is 0 Å². The van der Waals surface area contributed by atoms with Gasteiger partial charge in [-0.1, -0.05) is 17.3 Å². The van der Waals surface area contributed by atoms with Crippen LogP contribution in [0.15, 0.2) is 47.4 Å². The maximum Gasteiger partial charge on any atom is 0.316 e. The van der Waals surface area contributed by atoms with Crippen LogP contribution in [0.2, 0.25) is 0 Å². The van der Waals surface area contributed by atoms with Crippen molar-refractivity contribution < 1.29 is 18.5 Å². The molecule has 0 fully saturated rings. The Balaban J connectivity index is 1.50. The van der Waals surface area contributed by atoms with Gasteiger partial charge in [0.2, 0.25) is 5.82 Å². The Morgan fingerprint density at radius 1 is 1.08 bits per heavy atom. The van der Waals surface area contributed by atoms with Crippen molar-refractivity contribution in [3.63, 3.8) is 0 Å². The van der Waals surface area contributed by atoms with Crippen molar-refractivity contribution in [3.05, 3.63) is 60.3 Å². The van der Waals surface area contributed by atoms with Crippen LogP contribution in [0.3, 0.4) is 0 Å². The molecule has 0 spiro atoms. The van der Waals surface area contributed by atoms with Crippen LogP contribution in [0.4, 0.5) is 4.39 Å². The van der Waals surface area contributed by atoms with Crippen molar-refractivity contribution in [1.29, 1.82) is 0 Å². The Morgan fingerprint density at radius 2 is 1.85 bits per heavy atom. The quantitative estimate of drug-likeness (QED) is 0.627. The van der Waals surface area contributed by atoms with Gasteiger partial charge in [-0.2, -0.15) is 4.98 Å². The lowest BCUT2D eigenvalue weighted by Gasteiger charge is -2.04. The fourth-order valence-corrected chi connectivity index (χ4v) is 2.00. The van der Waals surface area contributed by atoms with Gasteiger partial charge in [-0.3, -0.25) is 14.6 Å². The van der Waals surface area contributed by atoms with Gasteiger partial charge < -0.3 is 15.2 Å². The van der Waals surface area contributed by atoms with E-state index in [9.17, 15) is 14.0 Å². The monoisotopic (exact) mass is 356 g/mol. The number of carbonyl (C=O) groups excluding carboxylic acids is 2. The largest absolute Gasteiger partial charge is 0.349 e. The van der Waals surface area contributed by atoms with E-state index >= 15 is 0 Å². The van der Waals surface area contributed by atoms with Gasteiger partial charge in [0.05, 0.1) is 11.8 Å². The van der Waals surface area contributed by atoms with Crippen molar-refractivity contribution in [1.82, 2.24) is 30.7 Å². The highest BCUT2D eigenvalue weighted by molar-refractivity contribution is 5.92. The van der Waals surface area contributed by atoms with E-state index in [0.29, 0.717) is 0 Å². The molecule has 0 radical (unpaired) electrons. The van der Waals surface area contributed by atoms with E-state index in [-0.39, 0.29) is 36.1 Å². The van der Waals surface area contributed by atoms with Crippen LogP contribution in [0, 0.1) is 5.82 Å². The summed E-state index contributed by atoms with van der Waals surface area (Å²) in [6, 6.07) is 5.88. The Bertz CT molecular complexity index is 915. The Morgan fingerprint density at radius 3 is 2.58 bits per heavy atom. The summed E-state index contributed by atoms with van der Waals surface area (Å²) < 4.78 is 18.5. The average molecular weight is 356 g/mol. The molecule has 132 valence electrons. The molecule has 0 atom stereocenters. The standard InChI is InChI=1S/C16H13FN6O3/c17-11-4-2-1-3-10(11)13-22-16(26-23-13)15(25)21-8-7-20-14(24)12-9-18-5-6-19-12/h1-6,9H,7-8H2,(H,20,24)(H,21,25). The molecule has 2 heterocycles. The number of carbonyl (C=O) groups is 2. The third-order valence-corrected chi connectivity index (χ3v) is 3.23. The van der Waals surface area contributed by atoms with Gasteiger partial charge in [0, 0.05) is 25.5 Å². The minimum Gasteiger partial charge on any atom is -0.349 e. The summed E-state index contributed by atoms with van der Waals surface area (Å²) in [4.78, 5) is 35.2. The molecule has 0 aliphatic carbocycles. The Hall–Kier alpha value is -3.69. The predicted octanol–water partition coefficient (Wildman–Crippen LogP) is 0.825. The third-order valence-electron chi connectivity index (χ3n) is 3.23. The van der Waals surface area contributed by atoms with Crippen molar-refractivity contribution >= 4 is 11.8 Å². The molecule has 1 aromatic carbocycles. The highest BCUT2D eigenvalue weighted by Gasteiger charge is 2.17. The van der Waals surface area contributed by atoms with Crippen molar-refractivity contribution in [2.75, 3.05) is 13.1 Å². The molecule has 0 unspecified atom stereocenters. The highest BCUT2D eigenvalue weighted by atomic mass is 19.1. The number of hydrogen-bond donors (Lipinski definition) is 2. The maximum atomic E-state index is 13.7. The van der Waals surface area contributed by atoms with Crippen molar-refractivity contribution in [2.24, 2.45) is 0 Å². The topological polar surface area (TPSA) is 123 Å². The van der Waals surface area contributed by atoms with Crippen LogP contribution in [-0.4, -0.2) is 45.0 Å². The molecule has 2 N–H and O–H groups in total. The molecule has 3 rings (SSSR count). The molecular weight excluding hydrogens is 343 g/mol. The Kier molecular flexibility index (Phi) is 5.22. The minimum atomic E-state index is -0.631. The molecule has 2 aromatic heterocycles. The first-order valence-electron chi connectivity index (χ1n) is 7.56. The van der Waals surface area contributed by atoms with Gasteiger partial charge in [-0.15, -0.1) is 0 Å². The lowest BCUT2D eigenvalue weighted by Crippen LogP contribution is -2.35. The second-order valence-electron chi connectivity index (χ2n) is 5.01. The molecule has 2 amide bonds. The summed E-state index contributed by atoms with van der Waals surface area (Å²) in [7, 11) is 0. The van der Waals surface area contributed by atoms with Crippen LogP contribution in [0.25, 0.3) is 11.4 Å². The van der Waals surface area contributed by atoms with Gasteiger partial charge >= 0.3 is 11.8 Å². The van der Waals surface area contributed by atoms with E-state index in [1.165, 1.54) is 36.8 Å². The first-order valence-corrected chi connectivity index (χ1v) is 7.56. The fourth-order valence-electron chi connectivity index (χ4n) is 2.00. The van der Waals surface area contributed by atoms with Gasteiger partial charge in [0.25, 0.3) is 5.91 Å². The molecule has 0 saturated carbocycles. The van der Waals surface area contributed by atoms with Crippen LogP contribution in [-0.2, 0) is 0 Å². The summed E-state index contributed by atoms with van der Waals surface area (Å²) in [5.41, 5.74) is 0.303. The summed E-state index contributed by atoms with van der Waals surface area (Å²) in [5.74, 6) is -1.89. The number of hydrogen-bond acceptors (Lipinski definition) is 7. The number of nitrogens with zero attached hydrogens (tertiary/aromatic N) is 4. The third kappa shape index (κ3) is 4.04. The number of nitrogens with one attached hydrogen (secondary N) is 2. The normalized spacial score (nSPS) is 10.3. The zero-order valence-electron chi connectivity index (χ0n) is 13.3. The molecule has 9 nitrogen and oxygen atoms in total. The summed E-state index contributed by atoms with van der Waals surface area (Å²) in [6.45, 7) is 0.289. The van der Waals surface area contributed by atoms with Crippen LogP contribution in [0.5, 0.6) is 0 Å². The summed E-state index contributed by atoms with van der Waals surface area (Å²) in [5, 5.41) is 8.67. The molecule has 0 saturated heterocycles. The first kappa shape index (κ1) is 17.1.